The highest BCUT2D eigenvalue weighted by atomic mass is 16.5. The van der Waals surface area contributed by atoms with Gasteiger partial charge >= 0.3 is 5.97 Å². The van der Waals surface area contributed by atoms with Gasteiger partial charge < -0.3 is 10.1 Å². The molecule has 0 aromatic rings. The molecule has 2 N–H and O–H groups in total. The lowest BCUT2D eigenvalue weighted by molar-refractivity contribution is -0.149. The fourth-order valence-corrected chi connectivity index (χ4v) is 2.16. The Balaban J connectivity index is 2.65. The molecule has 0 aromatic carbocycles. The lowest BCUT2D eigenvalue weighted by atomic mass is 9.90. The molecule has 0 saturated heterocycles. The van der Waals surface area contributed by atoms with Crippen LogP contribution in [0, 0.1) is 5.92 Å². The van der Waals surface area contributed by atoms with Crippen molar-refractivity contribution in [2.24, 2.45) is 5.92 Å². The Morgan fingerprint density at radius 3 is 2.65 bits per heavy atom. The summed E-state index contributed by atoms with van der Waals surface area (Å²) in [5.74, 6) is 0.364. The Kier molecular flexibility index (Phi) is 6.79. The average molecular weight is 280 g/mol. The summed E-state index contributed by atoms with van der Waals surface area (Å²) < 4.78 is 5.44. The van der Waals surface area contributed by atoms with Gasteiger partial charge in [0, 0.05) is 18.7 Å². The predicted octanol–water partition coefficient (Wildman–Crippen LogP) is 2.38. The molecule has 0 aromatic heterocycles. The van der Waals surface area contributed by atoms with Gasteiger partial charge in [-0.05, 0) is 31.9 Å². The number of ether oxygens (including phenoxy) is 1. The van der Waals surface area contributed by atoms with Crippen molar-refractivity contribution >= 4 is 5.97 Å². The second-order valence-corrected chi connectivity index (χ2v) is 5.55. The van der Waals surface area contributed by atoms with Crippen LogP contribution in [0.3, 0.4) is 0 Å². The Morgan fingerprint density at radius 1 is 1.40 bits per heavy atom. The number of likely N-dealkylation sites (N-methyl/N-ethyl adjacent to an activating group) is 2. The van der Waals surface area contributed by atoms with E-state index in [2.05, 4.69) is 37.5 Å². The molecule has 20 heavy (non-hydrogen) atoms. The number of nitrogens with one attached hydrogen (secondary N) is 2. The monoisotopic (exact) mass is 280 g/mol. The summed E-state index contributed by atoms with van der Waals surface area (Å²) in [5, 5.41) is 6.52. The first kappa shape index (κ1) is 16.8. The van der Waals surface area contributed by atoms with E-state index in [1.54, 1.807) is 0 Å². The van der Waals surface area contributed by atoms with Crippen molar-refractivity contribution in [1.82, 2.24) is 10.6 Å². The van der Waals surface area contributed by atoms with Crippen LogP contribution in [0.2, 0.25) is 0 Å². The maximum absolute atomic E-state index is 12.4. The van der Waals surface area contributed by atoms with Gasteiger partial charge in [-0.25, -0.2) is 4.79 Å². The van der Waals surface area contributed by atoms with E-state index >= 15 is 0 Å². The van der Waals surface area contributed by atoms with Crippen molar-refractivity contribution in [1.29, 1.82) is 0 Å². The van der Waals surface area contributed by atoms with Crippen molar-refractivity contribution in [3.8, 4) is 0 Å². The fourth-order valence-electron chi connectivity index (χ4n) is 2.16. The first-order valence-corrected chi connectivity index (χ1v) is 7.59. The Morgan fingerprint density at radius 2 is 2.15 bits per heavy atom. The van der Waals surface area contributed by atoms with Crippen LogP contribution in [-0.4, -0.2) is 31.2 Å². The van der Waals surface area contributed by atoms with E-state index in [1.165, 1.54) is 0 Å². The van der Waals surface area contributed by atoms with Gasteiger partial charge in [0.2, 0.25) is 0 Å². The minimum atomic E-state index is -0.704. The first-order valence-electron chi connectivity index (χ1n) is 7.59. The minimum absolute atomic E-state index is 0.178. The minimum Gasteiger partial charge on any atom is -0.464 e. The normalized spacial score (nSPS) is 21.8. The van der Waals surface area contributed by atoms with Crippen molar-refractivity contribution in [3.05, 3.63) is 23.9 Å². The van der Waals surface area contributed by atoms with Gasteiger partial charge in [0.15, 0.2) is 0 Å². The van der Waals surface area contributed by atoms with Gasteiger partial charge in [-0.2, -0.15) is 0 Å². The van der Waals surface area contributed by atoms with Crippen molar-refractivity contribution in [3.63, 3.8) is 0 Å². The molecule has 0 spiro atoms. The van der Waals surface area contributed by atoms with Crippen LogP contribution in [0.25, 0.3) is 0 Å². The molecular weight excluding hydrogens is 252 g/mol. The third-order valence-corrected chi connectivity index (χ3v) is 3.36. The summed E-state index contributed by atoms with van der Waals surface area (Å²) in [6, 6.07) is 0. The molecule has 0 bridgehead atoms. The van der Waals surface area contributed by atoms with Gasteiger partial charge in [-0.1, -0.05) is 32.9 Å². The van der Waals surface area contributed by atoms with E-state index in [-0.39, 0.29) is 5.97 Å². The van der Waals surface area contributed by atoms with E-state index in [0.717, 1.165) is 25.2 Å². The highest BCUT2D eigenvalue weighted by molar-refractivity contribution is 5.84. The predicted molar refractivity (Wildman–Crippen MR) is 82.3 cm³/mol. The van der Waals surface area contributed by atoms with Gasteiger partial charge in [-0.15, -0.1) is 0 Å². The van der Waals surface area contributed by atoms with Gasteiger partial charge in [-0.3, -0.25) is 5.32 Å². The lowest BCUT2D eigenvalue weighted by Crippen LogP contribution is -2.52. The number of carbonyl (C=O) groups excluding carboxylic acids is 1. The summed E-state index contributed by atoms with van der Waals surface area (Å²) in [6.45, 7) is 10.4. The summed E-state index contributed by atoms with van der Waals surface area (Å²) in [5.41, 5.74) is 0.362. The third kappa shape index (κ3) is 4.67. The van der Waals surface area contributed by atoms with Crippen LogP contribution in [0.5, 0.6) is 0 Å². The van der Waals surface area contributed by atoms with Gasteiger partial charge in [0.25, 0.3) is 0 Å². The quantitative estimate of drug-likeness (QED) is 0.670. The van der Waals surface area contributed by atoms with Crippen molar-refractivity contribution in [2.45, 2.75) is 46.1 Å². The molecular formula is C16H28N2O2. The zero-order chi connectivity index (χ0) is 15.0. The highest BCUT2D eigenvalue weighted by Crippen LogP contribution is 2.22. The number of hydrogen-bond donors (Lipinski definition) is 2. The molecule has 4 heteroatoms. The summed E-state index contributed by atoms with van der Waals surface area (Å²) >= 11 is 0. The molecule has 0 heterocycles. The maximum atomic E-state index is 12.4. The Labute approximate surface area is 122 Å². The molecule has 1 atom stereocenters. The number of carbonyl (C=O) groups is 1. The average Bonchev–Trinajstić information content (AvgIpc) is 2.41. The molecule has 1 aliphatic rings. The SMILES string of the molecule is CCNC1=CCC(NCC)(C(=O)OCCC(C)C)C=C1. The molecule has 1 unspecified atom stereocenters. The molecule has 1 rings (SSSR count). The zero-order valence-corrected chi connectivity index (χ0v) is 13.2. The molecule has 4 nitrogen and oxygen atoms in total. The summed E-state index contributed by atoms with van der Waals surface area (Å²) in [4.78, 5) is 12.4. The number of rotatable bonds is 8. The van der Waals surface area contributed by atoms with Crippen molar-refractivity contribution < 1.29 is 9.53 Å². The van der Waals surface area contributed by atoms with E-state index in [0.29, 0.717) is 18.9 Å². The second kappa shape index (κ2) is 8.10. The van der Waals surface area contributed by atoms with Gasteiger partial charge in [0.05, 0.1) is 6.61 Å². The molecule has 114 valence electrons. The molecule has 1 aliphatic carbocycles. The Hall–Kier alpha value is -1.29. The van der Waals surface area contributed by atoms with Gasteiger partial charge in [0.1, 0.15) is 5.54 Å². The molecule has 0 fully saturated rings. The van der Waals surface area contributed by atoms with E-state index in [9.17, 15) is 4.79 Å². The van der Waals surface area contributed by atoms with E-state index in [1.807, 2.05) is 19.1 Å². The third-order valence-electron chi connectivity index (χ3n) is 3.36. The first-order chi connectivity index (χ1) is 9.54. The van der Waals surface area contributed by atoms with E-state index in [4.69, 9.17) is 4.74 Å². The van der Waals surface area contributed by atoms with Crippen molar-refractivity contribution in [2.75, 3.05) is 19.7 Å². The number of esters is 1. The smallest absolute Gasteiger partial charge is 0.330 e. The topological polar surface area (TPSA) is 50.4 Å². The summed E-state index contributed by atoms with van der Waals surface area (Å²) in [6.07, 6.45) is 7.46. The van der Waals surface area contributed by atoms with Crippen LogP contribution >= 0.6 is 0 Å². The molecule has 0 aliphatic heterocycles. The molecule has 0 amide bonds. The second-order valence-electron chi connectivity index (χ2n) is 5.55. The number of hydrogen-bond acceptors (Lipinski definition) is 4. The Bertz CT molecular complexity index is 375. The van der Waals surface area contributed by atoms with E-state index < -0.39 is 5.54 Å². The lowest BCUT2D eigenvalue weighted by Gasteiger charge is -2.31. The fraction of sp³-hybridized carbons (Fsp3) is 0.688. The zero-order valence-electron chi connectivity index (χ0n) is 13.2. The number of allylic oxidation sites excluding steroid dienone is 1. The molecule has 0 saturated carbocycles. The maximum Gasteiger partial charge on any atom is 0.330 e. The largest absolute Gasteiger partial charge is 0.464 e. The van der Waals surface area contributed by atoms with Crippen LogP contribution in [0.4, 0.5) is 0 Å². The molecule has 0 radical (unpaired) electrons. The standard InChI is InChI=1S/C16H28N2O2/c1-5-17-14-7-10-16(11-8-14,18-6-2)15(19)20-12-9-13(3)4/h7-8,10,13,17-18H,5-6,9,11-12H2,1-4H3. The highest BCUT2D eigenvalue weighted by Gasteiger charge is 2.37. The summed E-state index contributed by atoms with van der Waals surface area (Å²) in [7, 11) is 0. The van der Waals surface area contributed by atoms with Crippen LogP contribution in [0.15, 0.2) is 23.9 Å². The van der Waals surface area contributed by atoms with Crippen LogP contribution in [0.1, 0.15) is 40.5 Å². The van der Waals surface area contributed by atoms with Crippen LogP contribution in [-0.2, 0) is 9.53 Å². The van der Waals surface area contributed by atoms with Crippen LogP contribution < -0.4 is 10.6 Å².